The van der Waals surface area contributed by atoms with Crippen LogP contribution in [0.4, 0.5) is 0 Å². The van der Waals surface area contributed by atoms with Gasteiger partial charge in [-0.1, -0.05) is 0 Å². The average molecular weight is 290 g/mol. The number of nitrogens with two attached hydrogens (primary N) is 1. The molecule has 0 saturated carbocycles. The second-order valence-corrected chi connectivity index (χ2v) is 6.49. The molecule has 0 radical (unpaired) electrons. The second-order valence-electron chi connectivity index (χ2n) is 3.99. The van der Waals surface area contributed by atoms with Gasteiger partial charge in [0, 0.05) is 30.6 Å². The van der Waals surface area contributed by atoms with Crippen molar-refractivity contribution < 1.29 is 0 Å². The van der Waals surface area contributed by atoms with Crippen molar-refractivity contribution in [2.75, 3.05) is 26.7 Å². The molecule has 2 unspecified atom stereocenters. The SMILES string of the molecule is CN1CCNC(C(N)c2ccc(Br)s2)C1. The lowest BCUT2D eigenvalue weighted by molar-refractivity contribution is 0.221. The first kappa shape index (κ1) is 11.5. The molecular weight excluding hydrogens is 274 g/mol. The second kappa shape index (κ2) is 4.93. The highest BCUT2D eigenvalue weighted by Crippen LogP contribution is 2.28. The first-order chi connectivity index (χ1) is 7.16. The highest BCUT2D eigenvalue weighted by Gasteiger charge is 2.24. The highest BCUT2D eigenvalue weighted by molar-refractivity contribution is 9.11. The van der Waals surface area contributed by atoms with Crippen LogP contribution in [0.3, 0.4) is 0 Å². The van der Waals surface area contributed by atoms with Crippen LogP contribution < -0.4 is 11.1 Å². The third-order valence-corrected chi connectivity index (χ3v) is 4.49. The molecule has 1 saturated heterocycles. The Bertz CT molecular complexity index is 328. The van der Waals surface area contributed by atoms with Gasteiger partial charge in [0.1, 0.15) is 0 Å². The Labute approximate surface area is 103 Å². The largest absolute Gasteiger partial charge is 0.322 e. The van der Waals surface area contributed by atoms with E-state index in [1.54, 1.807) is 11.3 Å². The van der Waals surface area contributed by atoms with Gasteiger partial charge in [-0.05, 0) is 35.1 Å². The number of halogens is 1. The van der Waals surface area contributed by atoms with E-state index in [1.165, 1.54) is 4.88 Å². The fraction of sp³-hybridized carbons (Fsp3) is 0.600. The van der Waals surface area contributed by atoms with Crippen molar-refractivity contribution >= 4 is 27.3 Å². The van der Waals surface area contributed by atoms with Gasteiger partial charge in [0.25, 0.3) is 0 Å². The summed E-state index contributed by atoms with van der Waals surface area (Å²) < 4.78 is 1.15. The van der Waals surface area contributed by atoms with Gasteiger partial charge in [0.2, 0.25) is 0 Å². The fourth-order valence-electron chi connectivity index (χ4n) is 1.88. The zero-order chi connectivity index (χ0) is 10.8. The van der Waals surface area contributed by atoms with Gasteiger partial charge in [0.05, 0.1) is 9.83 Å². The summed E-state index contributed by atoms with van der Waals surface area (Å²) in [6.07, 6.45) is 0. The molecule has 1 aromatic heterocycles. The van der Waals surface area contributed by atoms with E-state index in [0.29, 0.717) is 6.04 Å². The molecule has 84 valence electrons. The summed E-state index contributed by atoms with van der Waals surface area (Å²) in [6, 6.07) is 4.64. The molecule has 15 heavy (non-hydrogen) atoms. The molecule has 0 spiro atoms. The van der Waals surface area contributed by atoms with Gasteiger partial charge in [-0.2, -0.15) is 0 Å². The Morgan fingerprint density at radius 3 is 3.07 bits per heavy atom. The molecule has 0 aliphatic carbocycles. The van der Waals surface area contributed by atoms with Crippen LogP contribution in [0.1, 0.15) is 10.9 Å². The van der Waals surface area contributed by atoms with Crippen LogP contribution in [-0.4, -0.2) is 37.6 Å². The van der Waals surface area contributed by atoms with Crippen molar-refractivity contribution in [1.29, 1.82) is 0 Å². The quantitative estimate of drug-likeness (QED) is 0.865. The Morgan fingerprint density at radius 2 is 2.47 bits per heavy atom. The van der Waals surface area contributed by atoms with Crippen LogP contribution in [0.2, 0.25) is 0 Å². The van der Waals surface area contributed by atoms with Gasteiger partial charge in [0.15, 0.2) is 0 Å². The standard InChI is InChI=1S/C10H16BrN3S/c1-14-5-4-13-7(6-14)10(12)8-2-3-9(11)15-8/h2-3,7,10,13H,4-6,12H2,1H3. The fourth-order valence-corrected chi connectivity index (χ4v) is 3.37. The predicted octanol–water partition coefficient (Wildman–Crippen LogP) is 1.41. The lowest BCUT2D eigenvalue weighted by Crippen LogP contribution is -2.53. The third-order valence-electron chi connectivity index (χ3n) is 2.76. The minimum absolute atomic E-state index is 0.101. The van der Waals surface area contributed by atoms with E-state index in [-0.39, 0.29) is 6.04 Å². The number of thiophene rings is 1. The zero-order valence-corrected chi connectivity index (χ0v) is 11.1. The smallest absolute Gasteiger partial charge is 0.0702 e. The molecule has 0 aromatic carbocycles. The number of nitrogens with zero attached hydrogens (tertiary/aromatic N) is 1. The van der Waals surface area contributed by atoms with E-state index in [4.69, 9.17) is 5.73 Å². The van der Waals surface area contributed by atoms with E-state index in [2.05, 4.69) is 45.3 Å². The molecule has 2 heterocycles. The van der Waals surface area contributed by atoms with Crippen molar-refractivity contribution in [3.63, 3.8) is 0 Å². The van der Waals surface area contributed by atoms with E-state index in [9.17, 15) is 0 Å². The van der Waals surface area contributed by atoms with Crippen molar-refractivity contribution in [3.8, 4) is 0 Å². The third kappa shape index (κ3) is 2.79. The van der Waals surface area contributed by atoms with Crippen LogP contribution >= 0.6 is 27.3 Å². The van der Waals surface area contributed by atoms with Gasteiger partial charge in [-0.15, -0.1) is 11.3 Å². The maximum Gasteiger partial charge on any atom is 0.0702 e. The summed E-state index contributed by atoms with van der Waals surface area (Å²) in [6.45, 7) is 3.16. The number of nitrogens with one attached hydrogen (secondary N) is 1. The number of rotatable bonds is 2. The van der Waals surface area contributed by atoms with Gasteiger partial charge in [-0.3, -0.25) is 0 Å². The maximum atomic E-state index is 6.25. The molecule has 1 aromatic rings. The summed E-state index contributed by atoms with van der Waals surface area (Å²) in [7, 11) is 2.14. The lowest BCUT2D eigenvalue weighted by Gasteiger charge is -2.34. The molecule has 0 amide bonds. The molecular formula is C10H16BrN3S. The number of hydrogen-bond donors (Lipinski definition) is 2. The van der Waals surface area contributed by atoms with Crippen molar-refractivity contribution in [1.82, 2.24) is 10.2 Å². The zero-order valence-electron chi connectivity index (χ0n) is 8.74. The molecule has 0 bridgehead atoms. The summed E-state index contributed by atoms with van der Waals surface area (Å²) in [5.41, 5.74) is 6.25. The van der Waals surface area contributed by atoms with Gasteiger partial charge in [-0.25, -0.2) is 0 Å². The Hall–Kier alpha value is 0.0600. The molecule has 1 aliphatic heterocycles. The summed E-state index contributed by atoms with van der Waals surface area (Å²) in [4.78, 5) is 3.57. The maximum absolute atomic E-state index is 6.25. The predicted molar refractivity (Wildman–Crippen MR) is 68.2 cm³/mol. The van der Waals surface area contributed by atoms with Crippen molar-refractivity contribution in [3.05, 3.63) is 20.8 Å². The Kier molecular flexibility index (Phi) is 3.79. The van der Waals surface area contributed by atoms with Gasteiger partial charge >= 0.3 is 0 Å². The minimum Gasteiger partial charge on any atom is -0.322 e. The number of likely N-dealkylation sites (N-methyl/N-ethyl adjacent to an activating group) is 1. The van der Waals surface area contributed by atoms with Crippen molar-refractivity contribution in [2.45, 2.75) is 12.1 Å². The molecule has 3 N–H and O–H groups in total. The minimum atomic E-state index is 0.101. The topological polar surface area (TPSA) is 41.3 Å². The molecule has 1 aliphatic rings. The summed E-state index contributed by atoms with van der Waals surface area (Å²) >= 11 is 5.19. The van der Waals surface area contributed by atoms with E-state index in [1.807, 2.05) is 0 Å². The van der Waals surface area contributed by atoms with Crippen LogP contribution in [0.5, 0.6) is 0 Å². The number of piperazine rings is 1. The van der Waals surface area contributed by atoms with E-state index in [0.717, 1.165) is 23.4 Å². The van der Waals surface area contributed by atoms with Crippen LogP contribution in [0, 0.1) is 0 Å². The number of hydrogen-bond acceptors (Lipinski definition) is 4. The highest BCUT2D eigenvalue weighted by atomic mass is 79.9. The first-order valence-electron chi connectivity index (χ1n) is 5.09. The first-order valence-corrected chi connectivity index (χ1v) is 6.70. The molecule has 1 fully saturated rings. The monoisotopic (exact) mass is 289 g/mol. The normalized spacial score (nSPS) is 25.4. The van der Waals surface area contributed by atoms with E-state index < -0.39 is 0 Å². The molecule has 3 nitrogen and oxygen atoms in total. The summed E-state index contributed by atoms with van der Waals surface area (Å²) in [5.74, 6) is 0. The van der Waals surface area contributed by atoms with Gasteiger partial charge < -0.3 is 16.0 Å². The lowest BCUT2D eigenvalue weighted by atomic mass is 10.1. The summed E-state index contributed by atoms with van der Waals surface area (Å²) in [5, 5.41) is 3.48. The van der Waals surface area contributed by atoms with Crippen LogP contribution in [-0.2, 0) is 0 Å². The average Bonchev–Trinajstić information content (AvgIpc) is 2.64. The molecule has 2 rings (SSSR count). The van der Waals surface area contributed by atoms with Crippen LogP contribution in [0.25, 0.3) is 0 Å². The Balaban J connectivity index is 2.03. The Morgan fingerprint density at radius 1 is 1.67 bits per heavy atom. The van der Waals surface area contributed by atoms with Crippen LogP contribution in [0.15, 0.2) is 15.9 Å². The van der Waals surface area contributed by atoms with E-state index >= 15 is 0 Å². The van der Waals surface area contributed by atoms with Crippen molar-refractivity contribution in [2.24, 2.45) is 5.73 Å². The molecule has 5 heteroatoms. The molecule has 2 atom stereocenters.